The second kappa shape index (κ2) is 6.20. The van der Waals surface area contributed by atoms with Gasteiger partial charge in [-0.1, -0.05) is 26.2 Å². The molecular formula is C15H20FN5. The Kier molecular flexibility index (Phi) is 4.13. The number of hydrogen-bond donors (Lipinski definition) is 1. The number of nitrogens with zero attached hydrogens (tertiary/aromatic N) is 4. The van der Waals surface area contributed by atoms with Gasteiger partial charge in [-0.05, 0) is 47.4 Å². The molecule has 1 heterocycles. The van der Waals surface area contributed by atoms with Crippen molar-refractivity contribution in [2.24, 2.45) is 5.92 Å². The molecule has 6 heteroatoms. The van der Waals surface area contributed by atoms with E-state index in [2.05, 4.69) is 27.8 Å². The first kappa shape index (κ1) is 14.0. The summed E-state index contributed by atoms with van der Waals surface area (Å²) < 4.78 is 15.6. The van der Waals surface area contributed by atoms with Crippen LogP contribution in [0.1, 0.15) is 39.0 Å². The smallest absolute Gasteiger partial charge is 0.146 e. The van der Waals surface area contributed by atoms with Crippen LogP contribution in [-0.4, -0.2) is 26.2 Å². The van der Waals surface area contributed by atoms with Gasteiger partial charge in [-0.15, -0.1) is 5.10 Å². The minimum atomic E-state index is -0.229. The first-order valence-corrected chi connectivity index (χ1v) is 7.57. The molecule has 0 saturated heterocycles. The van der Waals surface area contributed by atoms with Crippen molar-refractivity contribution >= 4 is 5.69 Å². The van der Waals surface area contributed by atoms with E-state index in [9.17, 15) is 4.39 Å². The summed E-state index contributed by atoms with van der Waals surface area (Å²) >= 11 is 0. The number of halogens is 1. The third-order valence-electron chi connectivity index (χ3n) is 4.34. The summed E-state index contributed by atoms with van der Waals surface area (Å²) in [6, 6.07) is 5.26. The lowest BCUT2D eigenvalue weighted by molar-refractivity contribution is 0.316. The lowest BCUT2D eigenvalue weighted by atomic mass is 9.83. The molecule has 1 N–H and O–H groups in total. The lowest BCUT2D eigenvalue weighted by Gasteiger charge is -2.32. The maximum absolute atomic E-state index is 14.1. The number of anilines is 1. The zero-order valence-corrected chi connectivity index (χ0v) is 12.2. The van der Waals surface area contributed by atoms with Gasteiger partial charge in [0.1, 0.15) is 12.1 Å². The van der Waals surface area contributed by atoms with Crippen molar-refractivity contribution in [2.75, 3.05) is 5.32 Å². The summed E-state index contributed by atoms with van der Waals surface area (Å²) in [4.78, 5) is 0. The van der Waals surface area contributed by atoms with E-state index in [-0.39, 0.29) is 5.82 Å². The molecular weight excluding hydrogens is 269 g/mol. The fourth-order valence-electron chi connectivity index (χ4n) is 3.13. The molecule has 2 unspecified atom stereocenters. The Morgan fingerprint density at radius 3 is 2.95 bits per heavy atom. The van der Waals surface area contributed by atoms with Gasteiger partial charge in [0, 0.05) is 6.04 Å². The van der Waals surface area contributed by atoms with Crippen LogP contribution in [0.4, 0.5) is 10.1 Å². The van der Waals surface area contributed by atoms with Gasteiger partial charge in [0.25, 0.3) is 0 Å². The van der Waals surface area contributed by atoms with Crippen molar-refractivity contribution in [3.8, 4) is 5.69 Å². The third-order valence-corrected chi connectivity index (χ3v) is 4.34. The second-order valence-electron chi connectivity index (χ2n) is 5.62. The van der Waals surface area contributed by atoms with Crippen LogP contribution < -0.4 is 5.32 Å². The fraction of sp³-hybridized carbons (Fsp3) is 0.533. The van der Waals surface area contributed by atoms with Crippen LogP contribution in [0.15, 0.2) is 24.5 Å². The summed E-state index contributed by atoms with van der Waals surface area (Å²) in [7, 11) is 0. The Labute approximate surface area is 123 Å². The number of hydrogen-bond acceptors (Lipinski definition) is 4. The van der Waals surface area contributed by atoms with E-state index in [0.717, 1.165) is 18.5 Å². The van der Waals surface area contributed by atoms with Crippen molar-refractivity contribution in [1.82, 2.24) is 20.2 Å². The zero-order valence-electron chi connectivity index (χ0n) is 12.2. The molecule has 112 valence electrons. The summed E-state index contributed by atoms with van der Waals surface area (Å²) in [5, 5.41) is 14.5. The minimum Gasteiger partial charge on any atom is -0.380 e. The zero-order chi connectivity index (χ0) is 14.7. The van der Waals surface area contributed by atoms with Crippen LogP contribution >= 0.6 is 0 Å². The molecule has 1 fully saturated rings. The first-order valence-electron chi connectivity index (χ1n) is 7.57. The summed E-state index contributed by atoms with van der Waals surface area (Å²) in [6.45, 7) is 2.21. The third kappa shape index (κ3) is 3.04. The van der Waals surface area contributed by atoms with Crippen LogP contribution in [0.5, 0.6) is 0 Å². The molecule has 0 bridgehead atoms. The predicted octanol–water partition coefficient (Wildman–Crippen LogP) is 3.18. The van der Waals surface area contributed by atoms with Crippen molar-refractivity contribution in [2.45, 2.75) is 45.1 Å². The quantitative estimate of drug-likeness (QED) is 0.939. The highest BCUT2D eigenvalue weighted by Gasteiger charge is 2.24. The molecule has 0 radical (unpaired) electrons. The minimum absolute atomic E-state index is 0.229. The van der Waals surface area contributed by atoms with Gasteiger partial charge < -0.3 is 5.32 Å². The maximum atomic E-state index is 14.1. The fourth-order valence-corrected chi connectivity index (χ4v) is 3.13. The van der Waals surface area contributed by atoms with E-state index in [4.69, 9.17) is 0 Å². The maximum Gasteiger partial charge on any atom is 0.146 e. The van der Waals surface area contributed by atoms with Gasteiger partial charge in [0.05, 0.1) is 11.4 Å². The van der Waals surface area contributed by atoms with E-state index in [1.807, 2.05) is 0 Å². The van der Waals surface area contributed by atoms with Crippen molar-refractivity contribution in [3.05, 3.63) is 30.3 Å². The van der Waals surface area contributed by atoms with E-state index < -0.39 is 0 Å². The van der Waals surface area contributed by atoms with E-state index in [0.29, 0.717) is 17.6 Å². The Morgan fingerprint density at radius 1 is 1.33 bits per heavy atom. The standard InChI is InChI=1S/C15H20FN5/c1-2-11-5-3-4-6-14(11)18-15-9-12(7-8-13(15)16)21-10-17-19-20-21/h7-11,14,18H,2-6H2,1H3. The van der Waals surface area contributed by atoms with Crippen LogP contribution in [0.25, 0.3) is 5.69 Å². The van der Waals surface area contributed by atoms with Gasteiger partial charge in [0.2, 0.25) is 0 Å². The molecule has 0 spiro atoms. The molecule has 3 rings (SSSR count). The van der Waals surface area contributed by atoms with E-state index in [1.54, 1.807) is 12.1 Å². The highest BCUT2D eigenvalue weighted by atomic mass is 19.1. The van der Waals surface area contributed by atoms with Crippen molar-refractivity contribution in [3.63, 3.8) is 0 Å². The Morgan fingerprint density at radius 2 is 2.19 bits per heavy atom. The number of aromatic nitrogens is 4. The van der Waals surface area contributed by atoms with Crippen LogP contribution in [0.2, 0.25) is 0 Å². The van der Waals surface area contributed by atoms with Crippen LogP contribution in [-0.2, 0) is 0 Å². The Bertz CT molecular complexity index is 584. The molecule has 1 aromatic carbocycles. The summed E-state index contributed by atoms with van der Waals surface area (Å²) in [5.41, 5.74) is 1.29. The van der Waals surface area contributed by atoms with Gasteiger partial charge in [-0.2, -0.15) is 0 Å². The molecule has 2 aromatic rings. The van der Waals surface area contributed by atoms with Gasteiger partial charge in [-0.25, -0.2) is 9.07 Å². The molecule has 1 aliphatic rings. The Hall–Kier alpha value is -1.98. The highest BCUT2D eigenvalue weighted by molar-refractivity contribution is 5.52. The van der Waals surface area contributed by atoms with Crippen LogP contribution in [0, 0.1) is 11.7 Å². The molecule has 5 nitrogen and oxygen atoms in total. The number of rotatable bonds is 4. The molecule has 1 aliphatic carbocycles. The predicted molar refractivity (Wildman–Crippen MR) is 78.8 cm³/mol. The average Bonchev–Trinajstić information content (AvgIpc) is 3.04. The topological polar surface area (TPSA) is 55.6 Å². The van der Waals surface area contributed by atoms with E-state index >= 15 is 0 Å². The molecule has 1 saturated carbocycles. The van der Waals surface area contributed by atoms with Crippen molar-refractivity contribution < 1.29 is 4.39 Å². The lowest BCUT2D eigenvalue weighted by Crippen LogP contribution is -2.32. The SMILES string of the molecule is CCC1CCCCC1Nc1cc(-n2cnnn2)ccc1F. The van der Waals surface area contributed by atoms with E-state index in [1.165, 1.54) is 36.3 Å². The largest absolute Gasteiger partial charge is 0.380 e. The monoisotopic (exact) mass is 289 g/mol. The Balaban J connectivity index is 1.82. The van der Waals surface area contributed by atoms with Gasteiger partial charge >= 0.3 is 0 Å². The molecule has 21 heavy (non-hydrogen) atoms. The van der Waals surface area contributed by atoms with Crippen molar-refractivity contribution in [1.29, 1.82) is 0 Å². The highest BCUT2D eigenvalue weighted by Crippen LogP contribution is 2.30. The first-order chi connectivity index (χ1) is 10.3. The molecule has 1 aromatic heterocycles. The number of nitrogens with one attached hydrogen (secondary N) is 1. The molecule has 2 atom stereocenters. The normalized spacial score (nSPS) is 22.2. The van der Waals surface area contributed by atoms with Gasteiger partial charge in [-0.3, -0.25) is 0 Å². The van der Waals surface area contributed by atoms with Gasteiger partial charge in [0.15, 0.2) is 0 Å². The summed E-state index contributed by atoms with van der Waals surface area (Å²) in [5.74, 6) is 0.391. The molecule has 0 aliphatic heterocycles. The second-order valence-corrected chi connectivity index (χ2v) is 5.62. The number of tetrazole rings is 1. The van der Waals surface area contributed by atoms with Crippen LogP contribution in [0.3, 0.4) is 0 Å². The average molecular weight is 289 g/mol. The number of benzene rings is 1. The summed E-state index contributed by atoms with van der Waals surface area (Å²) in [6.07, 6.45) is 7.46. The molecule has 0 amide bonds.